The molecule has 0 saturated carbocycles. The Morgan fingerprint density at radius 2 is 2.00 bits per heavy atom. The van der Waals surface area contributed by atoms with Crippen molar-refractivity contribution in [3.8, 4) is 11.1 Å². The summed E-state index contributed by atoms with van der Waals surface area (Å²) in [5.74, 6) is 0. The number of aromatic nitrogens is 1. The fourth-order valence-electron chi connectivity index (χ4n) is 3.34. The zero-order valence-corrected chi connectivity index (χ0v) is 15.2. The smallest absolute Gasteiger partial charge is 0.0425 e. The zero-order chi connectivity index (χ0) is 17.1. The molecule has 2 aromatic heterocycles. The van der Waals surface area contributed by atoms with E-state index < -0.39 is 0 Å². The maximum atomic E-state index is 4.61. The second-order valence-electron chi connectivity index (χ2n) is 6.62. The Morgan fingerprint density at radius 3 is 2.80 bits per heavy atom. The van der Waals surface area contributed by atoms with Gasteiger partial charge in [-0.05, 0) is 53.6 Å². The number of aryl methyl sites for hydroxylation is 1. The highest BCUT2D eigenvalue weighted by molar-refractivity contribution is 7.11. The molecular weight excluding hydrogens is 324 g/mol. The summed E-state index contributed by atoms with van der Waals surface area (Å²) >= 11 is 1.83. The van der Waals surface area contributed by atoms with Gasteiger partial charge in [0.1, 0.15) is 0 Å². The predicted octanol–water partition coefficient (Wildman–Crippen LogP) is 5.11. The Bertz CT molecular complexity index is 863. The highest BCUT2D eigenvalue weighted by atomic mass is 32.1. The molecular formula is C22H22N2S. The van der Waals surface area contributed by atoms with Gasteiger partial charge in [-0.25, -0.2) is 0 Å². The Hall–Kier alpha value is -2.23. The summed E-state index contributed by atoms with van der Waals surface area (Å²) < 4.78 is 0. The van der Waals surface area contributed by atoms with Crippen LogP contribution < -0.4 is 5.32 Å². The van der Waals surface area contributed by atoms with E-state index in [4.69, 9.17) is 0 Å². The van der Waals surface area contributed by atoms with Gasteiger partial charge >= 0.3 is 0 Å². The average Bonchev–Trinajstić information content (AvgIpc) is 3.18. The third-order valence-electron chi connectivity index (χ3n) is 4.72. The van der Waals surface area contributed by atoms with Crippen LogP contribution in [0.2, 0.25) is 0 Å². The Balaban J connectivity index is 1.49. The molecule has 1 aromatic carbocycles. The van der Waals surface area contributed by atoms with E-state index in [0.29, 0.717) is 6.04 Å². The maximum absolute atomic E-state index is 4.61. The van der Waals surface area contributed by atoms with Crippen molar-refractivity contribution < 1.29 is 0 Å². The molecule has 1 aliphatic rings. The van der Waals surface area contributed by atoms with E-state index in [-0.39, 0.29) is 0 Å². The number of thiophene rings is 1. The van der Waals surface area contributed by atoms with Crippen molar-refractivity contribution in [1.29, 1.82) is 0 Å². The minimum atomic E-state index is 0.447. The van der Waals surface area contributed by atoms with Crippen molar-refractivity contribution in [1.82, 2.24) is 10.3 Å². The first-order valence-electron chi connectivity index (χ1n) is 8.76. The highest BCUT2D eigenvalue weighted by Crippen LogP contribution is 2.28. The first kappa shape index (κ1) is 16.2. The monoisotopic (exact) mass is 346 g/mol. The third kappa shape index (κ3) is 3.89. The fraction of sp³-hybridized carbons (Fsp3) is 0.227. The lowest BCUT2D eigenvalue weighted by molar-refractivity contribution is 0.528. The van der Waals surface area contributed by atoms with E-state index in [1.807, 2.05) is 17.5 Å². The molecule has 0 bridgehead atoms. The average molecular weight is 346 g/mol. The quantitative estimate of drug-likeness (QED) is 0.710. The van der Waals surface area contributed by atoms with Crippen LogP contribution in [0, 0.1) is 6.92 Å². The highest BCUT2D eigenvalue weighted by Gasteiger charge is 2.17. The van der Waals surface area contributed by atoms with Crippen LogP contribution in [0.4, 0.5) is 0 Å². The van der Waals surface area contributed by atoms with Crippen molar-refractivity contribution in [3.05, 3.63) is 82.3 Å². The molecule has 4 rings (SSSR count). The SMILES string of the molecule is Cc1ccc(-c2ccnc(CC3CC(c4cccs4)=CCN3)c2)cc1. The number of hydrogen-bond donors (Lipinski definition) is 1. The normalized spacial score (nSPS) is 17.3. The third-order valence-corrected chi connectivity index (χ3v) is 5.66. The van der Waals surface area contributed by atoms with Gasteiger partial charge in [-0.3, -0.25) is 4.98 Å². The molecule has 3 aromatic rings. The van der Waals surface area contributed by atoms with Crippen molar-refractivity contribution in [2.24, 2.45) is 0 Å². The van der Waals surface area contributed by atoms with Gasteiger partial charge in [0.15, 0.2) is 0 Å². The van der Waals surface area contributed by atoms with Crippen LogP contribution in [0.5, 0.6) is 0 Å². The van der Waals surface area contributed by atoms with Gasteiger partial charge in [0.25, 0.3) is 0 Å². The lowest BCUT2D eigenvalue weighted by Gasteiger charge is -2.24. The van der Waals surface area contributed by atoms with Gasteiger partial charge in [-0.1, -0.05) is 42.0 Å². The van der Waals surface area contributed by atoms with Crippen LogP contribution in [-0.2, 0) is 6.42 Å². The standard InChI is InChI=1S/C22H22N2S/c1-16-4-6-17(7-5-16)18-8-10-23-20(13-18)15-21-14-19(9-11-24-21)22-3-2-12-25-22/h2-10,12-13,21,24H,11,14-15H2,1H3. The molecule has 25 heavy (non-hydrogen) atoms. The van der Waals surface area contributed by atoms with Gasteiger partial charge in [-0.15, -0.1) is 11.3 Å². The van der Waals surface area contributed by atoms with Crippen molar-refractivity contribution in [2.45, 2.75) is 25.8 Å². The number of nitrogens with one attached hydrogen (secondary N) is 1. The first-order valence-corrected chi connectivity index (χ1v) is 9.64. The molecule has 0 amide bonds. The summed E-state index contributed by atoms with van der Waals surface area (Å²) in [5, 5.41) is 5.77. The summed E-state index contributed by atoms with van der Waals surface area (Å²) in [6.45, 7) is 3.06. The van der Waals surface area contributed by atoms with Gasteiger partial charge < -0.3 is 5.32 Å². The molecule has 0 saturated heterocycles. The molecule has 0 spiro atoms. The van der Waals surface area contributed by atoms with Crippen LogP contribution in [0.1, 0.15) is 22.6 Å². The molecule has 1 N–H and O–H groups in total. The summed E-state index contributed by atoms with van der Waals surface area (Å²) in [5.41, 5.74) is 6.41. The molecule has 0 radical (unpaired) electrons. The van der Waals surface area contributed by atoms with Crippen LogP contribution in [-0.4, -0.2) is 17.6 Å². The van der Waals surface area contributed by atoms with Crippen LogP contribution in [0.3, 0.4) is 0 Å². The number of hydrogen-bond acceptors (Lipinski definition) is 3. The van der Waals surface area contributed by atoms with Gasteiger partial charge in [0.05, 0.1) is 0 Å². The van der Waals surface area contributed by atoms with E-state index >= 15 is 0 Å². The molecule has 0 aliphatic carbocycles. The summed E-state index contributed by atoms with van der Waals surface area (Å²) in [7, 11) is 0. The fourth-order valence-corrected chi connectivity index (χ4v) is 4.12. The Kier molecular flexibility index (Phi) is 4.77. The zero-order valence-electron chi connectivity index (χ0n) is 14.4. The van der Waals surface area contributed by atoms with E-state index in [2.05, 4.69) is 77.2 Å². The molecule has 2 nitrogen and oxygen atoms in total. The molecule has 0 fully saturated rings. The topological polar surface area (TPSA) is 24.9 Å². The Morgan fingerprint density at radius 1 is 1.12 bits per heavy atom. The number of nitrogens with zero attached hydrogens (tertiary/aromatic N) is 1. The van der Waals surface area contributed by atoms with Crippen LogP contribution in [0.15, 0.2) is 66.2 Å². The second-order valence-corrected chi connectivity index (χ2v) is 7.57. The lowest BCUT2D eigenvalue weighted by atomic mass is 9.96. The summed E-state index contributed by atoms with van der Waals surface area (Å²) in [4.78, 5) is 6.00. The minimum absolute atomic E-state index is 0.447. The number of rotatable bonds is 4. The van der Waals surface area contributed by atoms with Crippen molar-refractivity contribution in [3.63, 3.8) is 0 Å². The minimum Gasteiger partial charge on any atom is -0.310 e. The molecule has 3 heteroatoms. The number of pyridine rings is 1. The van der Waals surface area contributed by atoms with Gasteiger partial charge in [0.2, 0.25) is 0 Å². The van der Waals surface area contributed by atoms with E-state index in [1.165, 1.54) is 27.1 Å². The molecule has 1 atom stereocenters. The second kappa shape index (κ2) is 7.34. The van der Waals surface area contributed by atoms with Crippen LogP contribution >= 0.6 is 11.3 Å². The van der Waals surface area contributed by atoms with Gasteiger partial charge in [-0.2, -0.15) is 0 Å². The Labute approximate surface area is 153 Å². The maximum Gasteiger partial charge on any atom is 0.0425 e. The van der Waals surface area contributed by atoms with Crippen molar-refractivity contribution >= 4 is 16.9 Å². The predicted molar refractivity (Wildman–Crippen MR) is 107 cm³/mol. The van der Waals surface area contributed by atoms with Crippen molar-refractivity contribution in [2.75, 3.05) is 6.54 Å². The first-order chi connectivity index (χ1) is 12.3. The largest absolute Gasteiger partial charge is 0.310 e. The molecule has 3 heterocycles. The van der Waals surface area contributed by atoms with Crippen LogP contribution in [0.25, 0.3) is 16.7 Å². The number of benzene rings is 1. The molecule has 126 valence electrons. The summed E-state index contributed by atoms with van der Waals surface area (Å²) in [6, 6.07) is 17.8. The van der Waals surface area contributed by atoms with Gasteiger partial charge in [0, 0.05) is 35.8 Å². The van der Waals surface area contributed by atoms with E-state index in [9.17, 15) is 0 Å². The molecule has 1 unspecified atom stereocenters. The van der Waals surface area contributed by atoms with E-state index in [0.717, 1.165) is 25.1 Å². The van der Waals surface area contributed by atoms with E-state index in [1.54, 1.807) is 0 Å². The summed E-state index contributed by atoms with van der Waals surface area (Å²) in [6.07, 6.45) is 6.28. The lowest BCUT2D eigenvalue weighted by Crippen LogP contribution is -2.34. The molecule has 1 aliphatic heterocycles.